The molecule has 3 aromatic heterocycles. The lowest BCUT2D eigenvalue weighted by Gasteiger charge is -2.33. The zero-order valence-electron chi connectivity index (χ0n) is 27.1. The maximum atomic E-state index is 16.0. The van der Waals surface area contributed by atoms with Crippen molar-refractivity contribution in [1.82, 2.24) is 34.0 Å². The van der Waals surface area contributed by atoms with Crippen LogP contribution in [-0.4, -0.2) is 116 Å². The monoisotopic (exact) mass is 716 g/mol. The van der Waals surface area contributed by atoms with Gasteiger partial charge >= 0.3 is 13.5 Å². The van der Waals surface area contributed by atoms with E-state index in [-0.39, 0.29) is 30.3 Å². The normalized spacial score (nSPS) is 28.3. The van der Waals surface area contributed by atoms with Gasteiger partial charge in [0.1, 0.15) is 18.3 Å². The predicted molar refractivity (Wildman–Crippen MR) is 166 cm³/mol. The average molecular weight is 717 g/mol. The summed E-state index contributed by atoms with van der Waals surface area (Å²) in [7, 11) is -1.02. The molecule has 9 atom stereocenters. The lowest BCUT2D eigenvalue weighted by atomic mass is 9.94. The second kappa shape index (κ2) is 14.6. The van der Waals surface area contributed by atoms with Gasteiger partial charge in [0.2, 0.25) is 11.9 Å². The van der Waals surface area contributed by atoms with Crippen LogP contribution in [0.15, 0.2) is 33.0 Å². The molecule has 5 heterocycles. The number of aromatic nitrogens is 6. The molecule has 20 nitrogen and oxygen atoms in total. The van der Waals surface area contributed by atoms with Gasteiger partial charge in [0.15, 0.2) is 29.8 Å². The highest BCUT2D eigenvalue weighted by molar-refractivity contribution is 7.47. The Morgan fingerprint density at radius 2 is 1.86 bits per heavy atom. The minimum Gasteiger partial charge on any atom is -0.382 e. The number of aromatic amines is 2. The smallest absolute Gasteiger partial charge is 0.382 e. The largest absolute Gasteiger partial charge is 0.472 e. The van der Waals surface area contributed by atoms with Gasteiger partial charge < -0.3 is 34.5 Å². The third-order valence-electron chi connectivity index (χ3n) is 8.43. The zero-order valence-corrected chi connectivity index (χ0v) is 28.0. The number of phosphoric ester groups is 1. The number of fused-ring (bicyclic) bond motifs is 1. The molecule has 0 spiro atoms. The number of imidazole rings is 1. The summed E-state index contributed by atoms with van der Waals surface area (Å²) >= 11 is 0. The second-order valence-corrected chi connectivity index (χ2v) is 13.3. The molecule has 22 heteroatoms. The van der Waals surface area contributed by atoms with Gasteiger partial charge in [-0.25, -0.2) is 18.7 Å². The highest BCUT2D eigenvalue weighted by atomic mass is 31.2. The number of methoxy groups -OCH3 is 2. The van der Waals surface area contributed by atoms with E-state index in [4.69, 9.17) is 29.2 Å². The minimum atomic E-state index is -4.67. The van der Waals surface area contributed by atoms with Crippen LogP contribution in [-0.2, 0) is 37.4 Å². The van der Waals surface area contributed by atoms with Crippen LogP contribution in [0.4, 0.5) is 10.3 Å². The number of nitrogens with zero attached hydrogens (tertiary/aromatic N) is 5. The number of H-pyrrole nitrogens is 2. The fourth-order valence-corrected chi connectivity index (χ4v) is 6.74. The number of alkyl halides is 1. The van der Waals surface area contributed by atoms with E-state index in [9.17, 15) is 28.6 Å². The Hall–Kier alpha value is -3.82. The number of nitrogens with two attached hydrogens (primary N) is 1. The molecule has 0 saturated carbocycles. The van der Waals surface area contributed by atoms with Crippen LogP contribution in [0.2, 0.25) is 0 Å². The topological polar surface area (TPSA) is 257 Å². The highest BCUT2D eigenvalue weighted by Gasteiger charge is 2.52. The summed E-state index contributed by atoms with van der Waals surface area (Å²) in [5.74, 6) is -1.82. The van der Waals surface area contributed by atoms with E-state index in [0.717, 1.165) is 23.9 Å². The van der Waals surface area contributed by atoms with E-state index >= 15 is 4.39 Å². The van der Waals surface area contributed by atoms with Crippen molar-refractivity contribution in [3.05, 3.63) is 49.8 Å². The maximum Gasteiger partial charge on any atom is 0.472 e. The molecule has 2 aliphatic rings. The van der Waals surface area contributed by atoms with Gasteiger partial charge in [-0.15, -0.1) is 0 Å². The molecule has 5 rings (SSSR count). The third kappa shape index (κ3) is 7.38. The Kier molecular flexibility index (Phi) is 10.8. The van der Waals surface area contributed by atoms with Crippen molar-refractivity contribution in [2.75, 3.05) is 40.2 Å². The highest BCUT2D eigenvalue weighted by Crippen LogP contribution is 2.48. The number of amides is 1. The summed E-state index contributed by atoms with van der Waals surface area (Å²) in [6.45, 7) is 3.06. The molecule has 5 N–H and O–H groups in total. The van der Waals surface area contributed by atoms with Crippen molar-refractivity contribution in [1.29, 1.82) is 0 Å². The molecule has 270 valence electrons. The number of nitrogens with one attached hydrogen (secondary N) is 2. The molecule has 1 amide bonds. The lowest BCUT2D eigenvalue weighted by molar-refractivity contribution is -0.138. The van der Waals surface area contributed by atoms with Crippen molar-refractivity contribution in [2.24, 2.45) is 5.92 Å². The van der Waals surface area contributed by atoms with Crippen LogP contribution in [0.5, 0.6) is 0 Å². The zero-order chi connectivity index (χ0) is 35.8. The summed E-state index contributed by atoms with van der Waals surface area (Å²) < 4.78 is 64.1. The Morgan fingerprint density at radius 1 is 1.14 bits per heavy atom. The first-order valence-electron chi connectivity index (χ1n) is 15.1. The molecule has 0 radical (unpaired) electrons. The van der Waals surface area contributed by atoms with Gasteiger partial charge in [0.05, 0.1) is 19.0 Å². The molecule has 2 fully saturated rings. The van der Waals surface area contributed by atoms with E-state index in [1.165, 1.54) is 30.0 Å². The number of nitrogen functional groups attached to an aromatic ring is 1. The molecular weight excluding hydrogens is 678 g/mol. The summed E-state index contributed by atoms with van der Waals surface area (Å²) in [6.07, 6.45) is -7.06. The van der Waals surface area contributed by atoms with Gasteiger partial charge in [-0.2, -0.15) is 4.98 Å². The molecule has 0 bridgehead atoms. The van der Waals surface area contributed by atoms with Gasteiger partial charge in [0.25, 0.3) is 11.1 Å². The Bertz CT molecular complexity index is 1880. The Morgan fingerprint density at radius 3 is 2.49 bits per heavy atom. The van der Waals surface area contributed by atoms with Crippen molar-refractivity contribution in [3.8, 4) is 0 Å². The SMILES string of the molecule is COC[C@H]1O[C@@H](n2ccc(=O)[nH]c2=O)C(F)C1CC(=O)N(C[C@H]1O[C@@H](n2cnc3c(=O)[nH]c(N)nc32)C(OC)C1OP(=O)(O)OC)C(C)C. The number of hydrogen-bond donors (Lipinski definition) is 4. The summed E-state index contributed by atoms with van der Waals surface area (Å²) in [6, 6.07) is 0.542. The minimum absolute atomic E-state index is 0.0268. The maximum absolute atomic E-state index is 16.0. The molecule has 49 heavy (non-hydrogen) atoms. The van der Waals surface area contributed by atoms with Crippen LogP contribution < -0.4 is 22.5 Å². The molecular formula is C27H38FN8O12P. The van der Waals surface area contributed by atoms with Crippen molar-refractivity contribution >= 4 is 30.8 Å². The predicted octanol–water partition coefficient (Wildman–Crippen LogP) is -0.578. The molecule has 3 aromatic rings. The Labute approximate surface area is 276 Å². The number of rotatable bonds is 13. The summed E-state index contributed by atoms with van der Waals surface area (Å²) in [5, 5.41) is 0. The van der Waals surface area contributed by atoms with E-state index in [1.54, 1.807) is 13.8 Å². The number of halogens is 1. The first-order valence-corrected chi connectivity index (χ1v) is 16.6. The summed E-state index contributed by atoms with van der Waals surface area (Å²) in [4.78, 5) is 74.7. The summed E-state index contributed by atoms with van der Waals surface area (Å²) in [5.41, 5.74) is 3.55. The molecule has 0 aliphatic carbocycles. The van der Waals surface area contributed by atoms with Gasteiger partial charge in [-0.1, -0.05) is 0 Å². The number of ether oxygens (including phenoxy) is 4. The molecule has 2 aliphatic heterocycles. The lowest BCUT2D eigenvalue weighted by Crippen LogP contribution is -2.47. The van der Waals surface area contributed by atoms with Crippen LogP contribution in [0.3, 0.4) is 0 Å². The van der Waals surface area contributed by atoms with E-state index in [2.05, 4.69) is 24.5 Å². The number of anilines is 1. The fraction of sp³-hybridized carbons (Fsp3) is 0.630. The first-order chi connectivity index (χ1) is 23.2. The van der Waals surface area contributed by atoms with Gasteiger partial charge in [-0.05, 0) is 13.8 Å². The van der Waals surface area contributed by atoms with Crippen LogP contribution in [0.1, 0.15) is 32.7 Å². The van der Waals surface area contributed by atoms with Crippen molar-refractivity contribution in [2.45, 2.75) is 69.4 Å². The van der Waals surface area contributed by atoms with Crippen LogP contribution >= 0.6 is 7.82 Å². The Balaban J connectivity index is 1.44. The number of hydrogen-bond acceptors (Lipinski definition) is 14. The number of carbonyl (C=O) groups is 1. The third-order valence-corrected chi connectivity index (χ3v) is 9.40. The quantitative estimate of drug-likeness (QED) is 0.161. The second-order valence-electron chi connectivity index (χ2n) is 11.8. The van der Waals surface area contributed by atoms with E-state index in [1.807, 2.05) is 0 Å². The molecule has 2 saturated heterocycles. The van der Waals surface area contributed by atoms with Crippen LogP contribution in [0, 0.1) is 5.92 Å². The first kappa shape index (κ1) is 36.5. The van der Waals surface area contributed by atoms with Gasteiger partial charge in [0, 0.05) is 58.5 Å². The van der Waals surface area contributed by atoms with Crippen molar-refractivity contribution in [3.63, 3.8) is 0 Å². The van der Waals surface area contributed by atoms with E-state index < -0.39 is 92.0 Å². The molecule has 5 unspecified atom stereocenters. The van der Waals surface area contributed by atoms with Gasteiger partial charge in [-0.3, -0.25) is 42.5 Å². The van der Waals surface area contributed by atoms with Crippen LogP contribution in [0.25, 0.3) is 11.2 Å². The fourth-order valence-electron chi connectivity index (χ4n) is 6.09. The number of phosphoric acid groups is 1. The standard InChI is InChI=1S/C27H38FN8O12P/c1-12(2)35(17(38)8-13-15(10-43-3)47-24(18(13)28)34-7-6-16(37)31-27(34)40)9-14-20(48-49(41,42)45-5)21(44-4)25(46-14)36-11-30-19-22(36)32-26(29)33-23(19)39/h6-7,11-15,18,20-21,24-25H,8-10H2,1-5H3,(H,41,42)(H,31,37,40)(H3,29,32,33,39)/t13?,14-,15-,18?,20?,21?,24-,25-/m1/s1. The molecule has 0 aromatic carbocycles. The average Bonchev–Trinajstić information content (AvgIpc) is 3.69. The van der Waals surface area contributed by atoms with Crippen molar-refractivity contribution < 1.29 is 46.6 Å². The van der Waals surface area contributed by atoms with E-state index in [0.29, 0.717) is 0 Å². The number of carbonyl (C=O) groups excluding carboxylic acids is 1.